The van der Waals surface area contributed by atoms with Crippen molar-refractivity contribution in [3.8, 4) is 0 Å². The fourth-order valence-electron chi connectivity index (χ4n) is 1.10. The third-order valence-corrected chi connectivity index (χ3v) is 4.57. The minimum Gasteiger partial charge on any atom is -0.248 e. The maximum atomic E-state index is 4.40. The monoisotopic (exact) mass is 315 g/mol. The number of halogens is 1. The van der Waals surface area contributed by atoms with Gasteiger partial charge in [0.15, 0.2) is 4.34 Å². The molecule has 0 radical (unpaired) electrons. The van der Waals surface area contributed by atoms with Gasteiger partial charge in [-0.3, -0.25) is 0 Å². The van der Waals surface area contributed by atoms with Crippen molar-refractivity contribution in [2.45, 2.75) is 29.6 Å². The molecule has 0 aliphatic carbocycles. The van der Waals surface area contributed by atoms with Crippen LogP contribution >= 0.6 is 39.2 Å². The van der Waals surface area contributed by atoms with Crippen molar-refractivity contribution < 1.29 is 0 Å². The lowest BCUT2D eigenvalue weighted by Gasteiger charge is -2.00. The van der Waals surface area contributed by atoms with Gasteiger partial charge in [0.25, 0.3) is 0 Å². The first-order valence-corrected chi connectivity index (χ1v) is 7.20. The van der Waals surface area contributed by atoms with Crippen LogP contribution in [0.2, 0.25) is 0 Å². The van der Waals surface area contributed by atoms with Crippen LogP contribution in [0.4, 0.5) is 0 Å². The van der Waals surface area contributed by atoms with E-state index in [9.17, 15) is 0 Å². The summed E-state index contributed by atoms with van der Waals surface area (Å²) in [6.07, 6.45) is 2.73. The van der Waals surface area contributed by atoms with Crippen molar-refractivity contribution in [2.75, 3.05) is 0 Å². The van der Waals surface area contributed by atoms with Gasteiger partial charge in [-0.25, -0.2) is 9.97 Å². The summed E-state index contributed by atoms with van der Waals surface area (Å²) in [4.78, 5) is 8.76. The molecule has 0 saturated heterocycles. The van der Waals surface area contributed by atoms with Crippen LogP contribution in [0.3, 0.4) is 0 Å². The summed E-state index contributed by atoms with van der Waals surface area (Å²) < 4.78 is 6.19. The molecule has 0 fully saturated rings. The molecule has 2 heterocycles. The molecule has 6 heteroatoms. The lowest BCUT2D eigenvalue weighted by Crippen LogP contribution is -1.84. The van der Waals surface area contributed by atoms with Gasteiger partial charge in [-0.15, -0.1) is 0 Å². The van der Waals surface area contributed by atoms with E-state index in [0.717, 1.165) is 31.6 Å². The van der Waals surface area contributed by atoms with Crippen molar-refractivity contribution in [1.82, 2.24) is 14.3 Å². The molecule has 0 unspecified atom stereocenters. The van der Waals surface area contributed by atoms with Crippen LogP contribution in [0.25, 0.3) is 0 Å². The van der Waals surface area contributed by atoms with E-state index in [1.807, 2.05) is 13.1 Å². The Hall–Kier alpha value is -0.460. The SMILES string of the molecule is CCc1nsc(Sc2ncc(C)cc2Br)n1. The molecule has 0 saturated carbocycles. The average Bonchev–Trinajstić information content (AvgIpc) is 2.70. The van der Waals surface area contributed by atoms with Crippen LogP contribution in [-0.4, -0.2) is 14.3 Å². The van der Waals surface area contributed by atoms with Crippen LogP contribution in [0.5, 0.6) is 0 Å². The molecule has 16 heavy (non-hydrogen) atoms. The van der Waals surface area contributed by atoms with Gasteiger partial charge in [0.1, 0.15) is 10.9 Å². The Labute approximate surface area is 111 Å². The summed E-state index contributed by atoms with van der Waals surface area (Å²) >= 11 is 6.47. The Morgan fingerprint density at radius 1 is 1.50 bits per heavy atom. The second-order valence-electron chi connectivity index (χ2n) is 3.23. The highest BCUT2D eigenvalue weighted by Gasteiger charge is 2.08. The number of aromatic nitrogens is 3. The number of aryl methyl sites for hydroxylation is 2. The minimum atomic E-state index is 0.875. The highest BCUT2D eigenvalue weighted by atomic mass is 79.9. The van der Waals surface area contributed by atoms with E-state index in [1.165, 1.54) is 11.5 Å². The molecular weight excluding hydrogens is 306 g/mol. The zero-order valence-corrected chi connectivity index (χ0v) is 12.1. The van der Waals surface area contributed by atoms with Gasteiger partial charge < -0.3 is 0 Å². The van der Waals surface area contributed by atoms with Crippen LogP contribution in [-0.2, 0) is 6.42 Å². The van der Waals surface area contributed by atoms with Gasteiger partial charge in [0.05, 0.1) is 4.47 Å². The molecule has 0 aliphatic rings. The Morgan fingerprint density at radius 2 is 2.31 bits per heavy atom. The van der Waals surface area contributed by atoms with Gasteiger partial charge in [-0.1, -0.05) is 6.92 Å². The molecule has 0 spiro atoms. The van der Waals surface area contributed by atoms with E-state index >= 15 is 0 Å². The van der Waals surface area contributed by atoms with E-state index in [0.29, 0.717) is 0 Å². The second-order valence-corrected chi connectivity index (χ2v) is 6.07. The molecule has 0 amide bonds. The summed E-state index contributed by atoms with van der Waals surface area (Å²) in [6, 6.07) is 2.05. The first-order valence-electron chi connectivity index (χ1n) is 4.81. The molecule has 2 aromatic rings. The quantitative estimate of drug-likeness (QED) is 0.865. The highest BCUT2D eigenvalue weighted by Crippen LogP contribution is 2.32. The van der Waals surface area contributed by atoms with Crippen LogP contribution in [0, 0.1) is 6.92 Å². The zero-order valence-electron chi connectivity index (χ0n) is 8.90. The Bertz CT molecular complexity index is 499. The fraction of sp³-hybridized carbons (Fsp3) is 0.300. The van der Waals surface area contributed by atoms with Crippen molar-refractivity contribution in [3.05, 3.63) is 28.1 Å². The topological polar surface area (TPSA) is 38.7 Å². The Kier molecular flexibility index (Phi) is 3.94. The van der Waals surface area contributed by atoms with Crippen LogP contribution in [0.1, 0.15) is 18.3 Å². The minimum absolute atomic E-state index is 0.875. The summed E-state index contributed by atoms with van der Waals surface area (Å²) in [7, 11) is 0. The average molecular weight is 316 g/mol. The highest BCUT2D eigenvalue weighted by molar-refractivity contribution is 9.10. The number of hydrogen-bond acceptors (Lipinski definition) is 5. The van der Waals surface area contributed by atoms with Gasteiger partial charge in [0.2, 0.25) is 0 Å². The third-order valence-electron chi connectivity index (χ3n) is 1.89. The normalized spacial score (nSPS) is 10.7. The summed E-state index contributed by atoms with van der Waals surface area (Å²) in [6.45, 7) is 4.07. The molecule has 0 aliphatic heterocycles. The van der Waals surface area contributed by atoms with Gasteiger partial charge in [-0.05, 0) is 57.8 Å². The Morgan fingerprint density at radius 3 is 2.94 bits per heavy atom. The van der Waals surface area contributed by atoms with Crippen LogP contribution in [0.15, 0.2) is 26.1 Å². The number of pyridine rings is 1. The van der Waals surface area contributed by atoms with Crippen molar-refractivity contribution >= 4 is 39.2 Å². The standard InChI is InChI=1S/C10H10BrN3S2/c1-3-8-13-10(16-14-8)15-9-7(11)4-6(2)5-12-9/h4-5H,3H2,1-2H3. The van der Waals surface area contributed by atoms with Crippen molar-refractivity contribution in [2.24, 2.45) is 0 Å². The smallest absolute Gasteiger partial charge is 0.176 e. The largest absolute Gasteiger partial charge is 0.248 e. The molecule has 0 bridgehead atoms. The lowest BCUT2D eigenvalue weighted by molar-refractivity contribution is 0.969. The Balaban J connectivity index is 2.20. The van der Waals surface area contributed by atoms with E-state index in [-0.39, 0.29) is 0 Å². The van der Waals surface area contributed by atoms with E-state index < -0.39 is 0 Å². The summed E-state index contributed by atoms with van der Waals surface area (Å²) in [5.74, 6) is 0.899. The molecule has 3 nitrogen and oxygen atoms in total. The summed E-state index contributed by atoms with van der Waals surface area (Å²) in [5, 5.41) is 0.935. The first-order chi connectivity index (χ1) is 7.69. The molecule has 0 aromatic carbocycles. The zero-order chi connectivity index (χ0) is 11.5. The van der Waals surface area contributed by atoms with Crippen molar-refractivity contribution in [3.63, 3.8) is 0 Å². The molecule has 0 atom stereocenters. The molecule has 2 aromatic heterocycles. The predicted octanol–water partition coefficient (Wildman–Crippen LogP) is 3.72. The van der Waals surface area contributed by atoms with Crippen molar-refractivity contribution in [1.29, 1.82) is 0 Å². The summed E-state index contributed by atoms with van der Waals surface area (Å²) in [5.41, 5.74) is 1.14. The van der Waals surface area contributed by atoms with Gasteiger partial charge in [-0.2, -0.15) is 4.37 Å². The first kappa shape index (κ1) is 12.0. The third kappa shape index (κ3) is 2.81. The lowest BCUT2D eigenvalue weighted by atomic mass is 10.3. The molecular formula is C10H10BrN3S2. The molecule has 0 N–H and O–H groups in total. The predicted molar refractivity (Wildman–Crippen MR) is 70.1 cm³/mol. The maximum absolute atomic E-state index is 4.40. The fourth-order valence-corrected chi connectivity index (χ4v) is 3.38. The second kappa shape index (κ2) is 5.25. The maximum Gasteiger partial charge on any atom is 0.176 e. The van der Waals surface area contributed by atoms with Crippen LogP contribution < -0.4 is 0 Å². The molecule has 2 rings (SSSR count). The number of hydrogen-bond donors (Lipinski definition) is 0. The van der Waals surface area contributed by atoms with E-state index in [2.05, 4.69) is 43.3 Å². The van der Waals surface area contributed by atoms with Gasteiger partial charge in [0, 0.05) is 12.6 Å². The number of nitrogens with zero attached hydrogens (tertiary/aromatic N) is 3. The number of rotatable bonds is 3. The van der Waals surface area contributed by atoms with E-state index in [1.54, 1.807) is 11.8 Å². The molecule has 84 valence electrons. The van der Waals surface area contributed by atoms with Gasteiger partial charge >= 0.3 is 0 Å². The van der Waals surface area contributed by atoms with E-state index in [4.69, 9.17) is 0 Å².